The molecule has 0 aromatic carbocycles. The lowest BCUT2D eigenvalue weighted by Gasteiger charge is -2.02. The van der Waals surface area contributed by atoms with Crippen molar-refractivity contribution in [1.82, 2.24) is 0 Å². The lowest BCUT2D eigenvalue weighted by atomic mass is 10.2. The Morgan fingerprint density at radius 2 is 2.27 bits per heavy atom. The quantitative estimate of drug-likeness (QED) is 0.506. The molecule has 1 aromatic heterocycles. The zero-order valence-electron chi connectivity index (χ0n) is 8.44. The van der Waals surface area contributed by atoms with E-state index in [-0.39, 0.29) is 9.03 Å². The molecule has 15 heavy (non-hydrogen) atoms. The van der Waals surface area contributed by atoms with E-state index in [2.05, 4.69) is 0 Å². The van der Waals surface area contributed by atoms with Crippen molar-refractivity contribution >= 4 is 9.03 Å². The van der Waals surface area contributed by atoms with Crippen LogP contribution in [0.25, 0.3) is 0 Å². The minimum Gasteiger partial charge on any atom is -0.472 e. The zero-order chi connectivity index (χ0) is 10.8. The maximum atomic E-state index is 8.24. The van der Waals surface area contributed by atoms with Crippen molar-refractivity contribution in [3.8, 4) is 6.07 Å². The van der Waals surface area contributed by atoms with Crippen LogP contribution >= 0.6 is 9.03 Å². The third kappa shape index (κ3) is 6.24. The van der Waals surface area contributed by atoms with Crippen molar-refractivity contribution in [3.63, 3.8) is 0 Å². The van der Waals surface area contributed by atoms with Crippen LogP contribution in [0.3, 0.4) is 0 Å². The Labute approximate surface area is 91.1 Å². The molecule has 0 saturated carbocycles. The van der Waals surface area contributed by atoms with Gasteiger partial charge in [0.05, 0.1) is 38.2 Å². The summed E-state index contributed by atoms with van der Waals surface area (Å²) >= 11 is 0. The third-order valence-corrected chi connectivity index (χ3v) is 2.37. The van der Waals surface area contributed by atoms with Gasteiger partial charge in [-0.2, -0.15) is 5.26 Å². The Bertz CT molecular complexity index is 281. The van der Waals surface area contributed by atoms with Gasteiger partial charge in [-0.1, -0.05) is 0 Å². The van der Waals surface area contributed by atoms with Crippen LogP contribution in [0, 0.1) is 11.3 Å². The topological polar surface area (TPSA) is 55.4 Å². The molecule has 0 bridgehead atoms. The lowest BCUT2D eigenvalue weighted by Crippen LogP contribution is -1.91. The molecule has 0 radical (unpaired) electrons. The van der Waals surface area contributed by atoms with Gasteiger partial charge in [0.1, 0.15) is 0 Å². The molecule has 0 aliphatic heterocycles. The van der Waals surface area contributed by atoms with Crippen molar-refractivity contribution in [2.45, 2.75) is 19.3 Å². The van der Waals surface area contributed by atoms with Crippen LogP contribution in [0.5, 0.6) is 0 Å². The second kappa shape index (κ2) is 8.43. The largest absolute Gasteiger partial charge is 0.472 e. The summed E-state index contributed by atoms with van der Waals surface area (Å²) in [7, 11) is 0.0426. The molecule has 1 heterocycles. The van der Waals surface area contributed by atoms with Crippen LogP contribution < -0.4 is 0 Å². The van der Waals surface area contributed by atoms with Gasteiger partial charge in [-0.05, 0) is 24.5 Å². The average Bonchev–Trinajstić information content (AvgIpc) is 2.75. The number of rotatable bonds is 8. The normalized spacial score (nSPS) is 10.9. The molecule has 0 aliphatic rings. The van der Waals surface area contributed by atoms with E-state index < -0.39 is 0 Å². The second-order valence-corrected chi connectivity index (χ2v) is 3.67. The third-order valence-electron chi connectivity index (χ3n) is 1.73. The number of hydrogen-bond acceptors (Lipinski definition) is 4. The average molecular weight is 227 g/mol. The van der Waals surface area contributed by atoms with Gasteiger partial charge in [-0.3, -0.25) is 0 Å². The molecule has 1 aromatic rings. The molecule has 1 unspecified atom stereocenters. The number of hydrogen-bond donors (Lipinski definition) is 0. The van der Waals surface area contributed by atoms with Crippen molar-refractivity contribution < 1.29 is 13.5 Å². The van der Waals surface area contributed by atoms with E-state index in [1.165, 1.54) is 5.56 Å². The number of furan rings is 1. The highest BCUT2D eigenvalue weighted by Gasteiger charge is 1.94. The fourth-order valence-corrected chi connectivity index (χ4v) is 1.50. The van der Waals surface area contributed by atoms with E-state index in [0.717, 1.165) is 12.8 Å². The lowest BCUT2D eigenvalue weighted by molar-refractivity contribution is 0.268. The standard InChI is InChI=1S/C10H14NO3P/c11-5-2-7-14-15-13-6-1-3-10-4-8-12-9-10/h4,8-9,15H,1-3,6-7H2. The predicted molar refractivity (Wildman–Crippen MR) is 57.5 cm³/mol. The van der Waals surface area contributed by atoms with E-state index >= 15 is 0 Å². The highest BCUT2D eigenvalue weighted by atomic mass is 31.1. The van der Waals surface area contributed by atoms with Crippen molar-refractivity contribution in [1.29, 1.82) is 5.26 Å². The van der Waals surface area contributed by atoms with Crippen LogP contribution in [0.1, 0.15) is 18.4 Å². The minimum absolute atomic E-state index is 0.0426. The van der Waals surface area contributed by atoms with Crippen molar-refractivity contribution in [2.75, 3.05) is 13.2 Å². The predicted octanol–water partition coefficient (Wildman–Crippen LogP) is 2.67. The maximum Gasteiger partial charge on any atom is 0.155 e. The van der Waals surface area contributed by atoms with Crippen LogP contribution in [0.4, 0.5) is 0 Å². The van der Waals surface area contributed by atoms with E-state index in [4.69, 9.17) is 18.7 Å². The van der Waals surface area contributed by atoms with E-state index in [1.54, 1.807) is 12.5 Å². The Balaban J connectivity index is 1.84. The molecule has 82 valence electrons. The summed E-state index contributed by atoms with van der Waals surface area (Å²) in [6.07, 6.45) is 5.74. The SMILES string of the molecule is N#CCCOPOCCCc1ccoc1. The maximum absolute atomic E-state index is 8.24. The fraction of sp³-hybridized carbons (Fsp3) is 0.500. The number of nitriles is 1. The summed E-state index contributed by atoms with van der Waals surface area (Å²) in [5.41, 5.74) is 1.19. The van der Waals surface area contributed by atoms with Crippen molar-refractivity contribution in [2.24, 2.45) is 0 Å². The summed E-state index contributed by atoms with van der Waals surface area (Å²) in [5, 5.41) is 8.24. The molecule has 0 amide bonds. The Morgan fingerprint density at radius 3 is 3.00 bits per heavy atom. The number of aryl methyl sites for hydroxylation is 1. The molecule has 5 heteroatoms. The van der Waals surface area contributed by atoms with Gasteiger partial charge >= 0.3 is 0 Å². The summed E-state index contributed by atoms with van der Waals surface area (Å²) < 4.78 is 15.3. The van der Waals surface area contributed by atoms with Crippen LogP contribution in [-0.2, 0) is 15.5 Å². The zero-order valence-corrected chi connectivity index (χ0v) is 9.44. The highest BCUT2D eigenvalue weighted by molar-refractivity contribution is 7.26. The van der Waals surface area contributed by atoms with Gasteiger partial charge in [-0.25, -0.2) is 0 Å². The first-order valence-corrected chi connectivity index (χ1v) is 5.61. The molecule has 0 aliphatic carbocycles. The van der Waals surface area contributed by atoms with E-state index in [1.807, 2.05) is 12.1 Å². The molecule has 4 nitrogen and oxygen atoms in total. The van der Waals surface area contributed by atoms with Crippen LogP contribution in [-0.4, -0.2) is 13.2 Å². The molecule has 0 N–H and O–H groups in total. The smallest absolute Gasteiger partial charge is 0.155 e. The van der Waals surface area contributed by atoms with Crippen LogP contribution in [0.2, 0.25) is 0 Å². The molecular weight excluding hydrogens is 213 g/mol. The fourth-order valence-electron chi connectivity index (χ4n) is 1.01. The first kappa shape index (κ1) is 12.2. The molecule has 0 fully saturated rings. The van der Waals surface area contributed by atoms with Gasteiger partial charge in [0.25, 0.3) is 0 Å². The van der Waals surface area contributed by atoms with E-state index in [9.17, 15) is 0 Å². The Kier molecular flexibility index (Phi) is 6.85. The first-order valence-electron chi connectivity index (χ1n) is 4.80. The molecule has 0 saturated heterocycles. The number of nitrogens with zero attached hydrogens (tertiary/aromatic N) is 1. The van der Waals surface area contributed by atoms with Gasteiger partial charge in [-0.15, -0.1) is 0 Å². The van der Waals surface area contributed by atoms with Crippen LogP contribution in [0.15, 0.2) is 23.0 Å². The molecular formula is C10H14NO3P. The summed E-state index contributed by atoms with van der Waals surface area (Å²) in [5.74, 6) is 0. The van der Waals surface area contributed by atoms with Gasteiger partial charge in [0.2, 0.25) is 0 Å². The van der Waals surface area contributed by atoms with Gasteiger partial charge in [0.15, 0.2) is 9.03 Å². The summed E-state index contributed by atoms with van der Waals surface area (Å²) in [4.78, 5) is 0. The minimum atomic E-state index is 0.0426. The molecule has 0 spiro atoms. The highest BCUT2D eigenvalue weighted by Crippen LogP contribution is 2.14. The van der Waals surface area contributed by atoms with Gasteiger partial charge < -0.3 is 13.5 Å². The monoisotopic (exact) mass is 227 g/mol. The summed E-state index contributed by atoms with van der Waals surface area (Å²) in [6, 6.07) is 3.95. The molecule has 1 atom stereocenters. The second-order valence-electron chi connectivity index (χ2n) is 2.92. The van der Waals surface area contributed by atoms with Crippen molar-refractivity contribution in [3.05, 3.63) is 24.2 Å². The van der Waals surface area contributed by atoms with E-state index in [0.29, 0.717) is 19.6 Å². The Morgan fingerprint density at radius 1 is 1.40 bits per heavy atom. The Hall–Kier alpha value is -0.880. The summed E-state index contributed by atoms with van der Waals surface area (Å²) in [6.45, 7) is 1.13. The first-order chi connectivity index (χ1) is 7.43. The van der Waals surface area contributed by atoms with Gasteiger partial charge in [0, 0.05) is 0 Å². The molecule has 1 rings (SSSR count).